The molecule has 24 nitrogen and oxygen atoms in total. The number of para-hydroxylation sites is 3. The minimum Gasteiger partial charge on any atom is -0.344 e. The Balaban J connectivity index is 0.000000142. The molecule has 4 N–H and O–H groups in total. The Kier molecular flexibility index (Phi) is 21.9. The van der Waals surface area contributed by atoms with Crippen molar-refractivity contribution in [2.45, 2.75) is 59.7 Å². The molecule has 0 aliphatic heterocycles. The molecule has 25 heteroatoms. The zero-order valence-corrected chi connectivity index (χ0v) is 63.7. The first-order valence-corrected chi connectivity index (χ1v) is 38.2. The first-order valence-electron chi connectivity index (χ1n) is 36.3. The van der Waals surface area contributed by atoms with Gasteiger partial charge < -0.3 is 16.0 Å². The molecule has 7 aromatic carbocycles. The predicted molar refractivity (Wildman–Crippen MR) is 442 cm³/mol. The highest BCUT2D eigenvalue weighted by atomic mass is 32.2. The molecule has 114 heavy (non-hydrogen) atoms. The first-order chi connectivity index (χ1) is 55.1. The molecule has 16 aromatic rings. The van der Waals surface area contributed by atoms with Crippen molar-refractivity contribution in [3.8, 4) is 41.2 Å². The molecule has 0 fully saturated rings. The van der Waals surface area contributed by atoms with Crippen molar-refractivity contribution in [1.29, 1.82) is 0 Å². The van der Waals surface area contributed by atoms with Crippen molar-refractivity contribution in [3.05, 3.63) is 354 Å². The number of carbonyl (C=O) groups is 3. The molecule has 0 radical (unpaired) electrons. The van der Waals surface area contributed by atoms with Crippen LogP contribution in [-0.4, -0.2) is 96.4 Å². The molecule has 3 atom stereocenters. The zero-order chi connectivity index (χ0) is 79.9. The van der Waals surface area contributed by atoms with Crippen molar-refractivity contribution in [3.63, 3.8) is 0 Å². The number of hydrogen-bond acceptors (Lipinski definition) is 14. The van der Waals surface area contributed by atoms with E-state index < -0.39 is 28.1 Å². The van der Waals surface area contributed by atoms with E-state index in [1.54, 1.807) is 122 Å². The van der Waals surface area contributed by atoms with Crippen LogP contribution in [0.4, 0.5) is 0 Å². The Morgan fingerprint density at radius 3 is 1.18 bits per heavy atom. The number of amides is 3. The third-order valence-corrected chi connectivity index (χ3v) is 19.8. The maximum Gasteiger partial charge on any atom is 0.264 e. The van der Waals surface area contributed by atoms with Gasteiger partial charge in [0.05, 0.1) is 64.2 Å². The lowest BCUT2D eigenvalue weighted by molar-refractivity contribution is 0.0931. The second-order valence-electron chi connectivity index (χ2n) is 26.9. The Morgan fingerprint density at radius 1 is 0.447 bits per heavy atom. The standard InChI is InChI=1S/C33H27N5O2.C29H26N6O4S.C27H21N5O2/c1-22(35-32(39)29-23(2)36-37-20-10-19-34-31(29)37)28-21-26-14-9-13-25(18-17-24-11-5-3-6-12-24)30(26)33(40)38(28)27-15-7-4-8-16-27;1-19(32-28(36)25-20(2)33-34-17-9-15-30-27(25)34)24-18-22-11-7-10-21(12-8-16-31-40(3,38)39)26(22)29(37)35(24)23-13-5-4-6-14-23;1-4-19-10-8-11-20-16-22(32(27(34)24(19)20)21-12-6-5-7-13-21)17(2)29-26(33)23-18(3)30-31-15-9-14-28-25(23)31/h3-22H,1-2H3,(H,35,39);4-7,9-11,13-15,17-19,31H,16H2,1-3H3,(H,32,36);1,5-17H,2-3H3,(H,29,33)/b18-17+;;/t22-;19-;17-/m000/s1. The molecule has 3 amide bonds. The van der Waals surface area contributed by atoms with E-state index in [2.05, 4.69) is 68.7 Å². The number of rotatable bonds is 16. The van der Waals surface area contributed by atoms with Crippen molar-refractivity contribution in [2.24, 2.45) is 0 Å². The Labute approximate surface area is 653 Å². The van der Waals surface area contributed by atoms with E-state index in [0.717, 1.165) is 33.8 Å². The molecule has 0 saturated heterocycles. The fourth-order valence-corrected chi connectivity index (χ4v) is 14.2. The lowest BCUT2D eigenvalue weighted by Gasteiger charge is -2.21. The average molecular weight is 1530 g/mol. The summed E-state index contributed by atoms with van der Waals surface area (Å²) in [5, 5.41) is 25.9. The van der Waals surface area contributed by atoms with Crippen molar-refractivity contribution in [2.75, 3.05) is 12.8 Å². The number of nitrogens with one attached hydrogen (secondary N) is 4. The highest BCUT2D eigenvalue weighted by molar-refractivity contribution is 7.88. The van der Waals surface area contributed by atoms with Crippen LogP contribution in [0.25, 0.3) is 78.5 Å². The monoisotopic (exact) mass is 1530 g/mol. The number of carbonyl (C=O) groups excluding carboxylic acids is 3. The minimum absolute atomic E-state index is 0.0823. The molecule has 0 bridgehead atoms. The van der Waals surface area contributed by atoms with Gasteiger partial charge in [-0.25, -0.2) is 41.6 Å². The molecule has 564 valence electrons. The van der Waals surface area contributed by atoms with Crippen LogP contribution in [0.1, 0.15) is 126 Å². The third-order valence-electron chi connectivity index (χ3n) is 19.1. The van der Waals surface area contributed by atoms with E-state index in [1.807, 2.05) is 209 Å². The van der Waals surface area contributed by atoms with E-state index in [4.69, 9.17) is 6.42 Å². The largest absolute Gasteiger partial charge is 0.344 e. The van der Waals surface area contributed by atoms with Crippen LogP contribution in [0, 0.1) is 45.0 Å². The molecule has 16 rings (SSSR count). The van der Waals surface area contributed by atoms with Gasteiger partial charge in [0.1, 0.15) is 16.7 Å². The summed E-state index contributed by atoms with van der Waals surface area (Å²) in [6, 6.07) is 63.9. The second-order valence-corrected chi connectivity index (χ2v) is 28.7. The summed E-state index contributed by atoms with van der Waals surface area (Å²) >= 11 is 0. The zero-order valence-electron chi connectivity index (χ0n) is 62.9. The van der Waals surface area contributed by atoms with Crippen molar-refractivity contribution >= 4 is 89.2 Å². The number of aryl methyl sites for hydroxylation is 3. The molecule has 0 aliphatic carbocycles. The quantitative estimate of drug-likeness (QED) is 0.0517. The van der Waals surface area contributed by atoms with Gasteiger partial charge in [0, 0.05) is 82.5 Å². The number of sulfonamides is 1. The first kappa shape index (κ1) is 76.0. The van der Waals surface area contributed by atoms with Gasteiger partial charge in [0.2, 0.25) is 10.0 Å². The van der Waals surface area contributed by atoms with Gasteiger partial charge in [-0.05, 0) is 154 Å². The molecule has 0 aliphatic rings. The van der Waals surface area contributed by atoms with Crippen molar-refractivity contribution in [1.82, 2.24) is 78.2 Å². The molecular weight excluding hydrogens is 1450 g/mol. The van der Waals surface area contributed by atoms with Gasteiger partial charge in [-0.15, -0.1) is 6.42 Å². The number of benzene rings is 7. The van der Waals surface area contributed by atoms with E-state index >= 15 is 0 Å². The summed E-state index contributed by atoms with van der Waals surface area (Å²) in [7, 11) is -3.39. The summed E-state index contributed by atoms with van der Waals surface area (Å²) in [4.78, 5) is 95.2. The third kappa shape index (κ3) is 15.7. The summed E-state index contributed by atoms with van der Waals surface area (Å²) in [5.41, 5.74) is 10.4. The van der Waals surface area contributed by atoms with Crippen molar-refractivity contribution < 1.29 is 22.8 Å². The maximum absolute atomic E-state index is 14.2. The number of aromatic nitrogens is 12. The van der Waals surface area contributed by atoms with Crippen LogP contribution in [0.5, 0.6) is 0 Å². The van der Waals surface area contributed by atoms with Crippen LogP contribution in [0.2, 0.25) is 0 Å². The fraction of sp³-hybridized carbons (Fsp3) is 0.124. The number of hydrogen-bond donors (Lipinski definition) is 4. The smallest absolute Gasteiger partial charge is 0.264 e. The normalized spacial score (nSPS) is 12.1. The highest BCUT2D eigenvalue weighted by Crippen LogP contribution is 2.30. The van der Waals surface area contributed by atoms with Crippen LogP contribution in [0.3, 0.4) is 0 Å². The van der Waals surface area contributed by atoms with Crippen LogP contribution >= 0.6 is 0 Å². The summed E-state index contributed by atoms with van der Waals surface area (Å²) in [6.45, 7) is 10.8. The maximum atomic E-state index is 14.2. The number of fused-ring (bicyclic) bond motifs is 6. The molecule has 0 saturated carbocycles. The number of nitrogens with zero attached hydrogens (tertiary/aromatic N) is 12. The lowest BCUT2D eigenvalue weighted by Crippen LogP contribution is -2.32. The van der Waals surface area contributed by atoms with E-state index in [0.29, 0.717) is 112 Å². The molecule has 0 spiro atoms. The Hall–Kier alpha value is -14.8. The van der Waals surface area contributed by atoms with Gasteiger partial charge >= 0.3 is 0 Å². The molecule has 0 unspecified atom stereocenters. The molecular formula is C89H74N16O8S. The van der Waals surface area contributed by atoms with Gasteiger partial charge in [0.25, 0.3) is 34.4 Å². The Morgan fingerprint density at radius 2 is 0.798 bits per heavy atom. The lowest BCUT2D eigenvalue weighted by atomic mass is 10.0. The summed E-state index contributed by atoms with van der Waals surface area (Å²) in [6.07, 6.45) is 20.8. The summed E-state index contributed by atoms with van der Waals surface area (Å²) < 4.78 is 34.7. The van der Waals surface area contributed by atoms with Crippen LogP contribution in [-0.2, 0) is 10.0 Å². The van der Waals surface area contributed by atoms with Gasteiger partial charge in [0.15, 0.2) is 16.9 Å². The molecule has 9 heterocycles. The second kappa shape index (κ2) is 32.8. The topological polar surface area (TPSA) is 290 Å². The average Bonchev–Trinajstić information content (AvgIpc) is 1.09. The van der Waals surface area contributed by atoms with E-state index in [1.165, 1.54) is 0 Å². The summed E-state index contributed by atoms with van der Waals surface area (Å²) in [5.74, 6) is 7.34. The van der Waals surface area contributed by atoms with E-state index in [9.17, 15) is 37.2 Å². The SMILES string of the molecule is C#Cc1cccc2cc([C@H](C)NC(=O)c3c(C)nn4cccnc34)n(-c3ccccc3)c(=O)c12.Cc1nn2cccnc2c1C(=O)N[C@@H](C)c1cc2cccc(/C=C/c3ccccc3)c2c(=O)n1-c1ccccc1.Cc1nn2cccnc2c1C(=O)N[C@@H](C)c1cc2cccc(C#CCNS(C)(=O)=O)c2c(=O)n1-c1ccccc1. The van der Waals surface area contributed by atoms with Crippen LogP contribution in [0.15, 0.2) is 264 Å². The van der Waals surface area contributed by atoms with Gasteiger partial charge in [-0.2, -0.15) is 15.3 Å². The highest BCUT2D eigenvalue weighted by Gasteiger charge is 2.28. The fourth-order valence-electron chi connectivity index (χ4n) is 13.9. The number of pyridine rings is 3. The Bertz CT molecular complexity index is 6900. The van der Waals surface area contributed by atoms with Gasteiger partial charge in [-0.1, -0.05) is 157 Å². The van der Waals surface area contributed by atoms with Crippen LogP contribution < -0.4 is 37.4 Å². The molecule has 9 aromatic heterocycles. The minimum atomic E-state index is -3.39. The van der Waals surface area contributed by atoms with Gasteiger partial charge in [-0.3, -0.25) is 42.5 Å². The predicted octanol–water partition coefficient (Wildman–Crippen LogP) is 12.6. The number of terminal acetylenes is 1. The van der Waals surface area contributed by atoms with E-state index in [-0.39, 0.29) is 40.9 Å².